The average molecular weight is 400 g/mol. The molecule has 0 saturated carbocycles. The highest BCUT2D eigenvalue weighted by atomic mass is 127. The third kappa shape index (κ3) is 3.63. The molecule has 21 heavy (non-hydrogen) atoms. The largest absolute Gasteiger partial charge is 0.363 e. The monoisotopic (exact) mass is 400 g/mol. The SMILES string of the molecule is CCC(C#N)N1CCN(c2ccc(I)cc2[N+](=O)[O-])CC1. The molecular formula is C14H17IN4O2. The van der Waals surface area contributed by atoms with E-state index >= 15 is 0 Å². The number of hydrogen-bond donors (Lipinski definition) is 0. The molecule has 1 aliphatic heterocycles. The molecule has 0 aliphatic carbocycles. The summed E-state index contributed by atoms with van der Waals surface area (Å²) in [7, 11) is 0. The first-order valence-corrected chi connectivity index (χ1v) is 7.97. The predicted molar refractivity (Wildman–Crippen MR) is 89.3 cm³/mol. The number of nitro groups is 1. The van der Waals surface area contributed by atoms with Crippen molar-refractivity contribution in [1.82, 2.24) is 4.90 Å². The van der Waals surface area contributed by atoms with Gasteiger partial charge in [0, 0.05) is 35.8 Å². The molecule has 1 aromatic carbocycles. The Hall–Kier alpha value is -1.40. The van der Waals surface area contributed by atoms with E-state index in [2.05, 4.69) is 33.6 Å². The van der Waals surface area contributed by atoms with Crippen LogP contribution in [0.3, 0.4) is 0 Å². The summed E-state index contributed by atoms with van der Waals surface area (Å²) in [5.41, 5.74) is 0.827. The smallest absolute Gasteiger partial charge is 0.293 e. The van der Waals surface area contributed by atoms with E-state index in [0.29, 0.717) is 18.8 Å². The first kappa shape index (κ1) is 16.0. The van der Waals surface area contributed by atoms with Crippen molar-refractivity contribution in [3.63, 3.8) is 0 Å². The number of benzene rings is 1. The van der Waals surface area contributed by atoms with Crippen molar-refractivity contribution in [3.8, 4) is 6.07 Å². The van der Waals surface area contributed by atoms with Crippen molar-refractivity contribution in [2.24, 2.45) is 0 Å². The summed E-state index contributed by atoms with van der Waals surface area (Å²) in [4.78, 5) is 15.1. The normalized spacial score (nSPS) is 17.3. The summed E-state index contributed by atoms with van der Waals surface area (Å²) < 4.78 is 0.859. The van der Waals surface area contributed by atoms with Gasteiger partial charge in [-0.1, -0.05) is 6.92 Å². The van der Waals surface area contributed by atoms with Crippen molar-refractivity contribution in [1.29, 1.82) is 5.26 Å². The van der Waals surface area contributed by atoms with Gasteiger partial charge in [-0.05, 0) is 41.1 Å². The maximum Gasteiger partial charge on any atom is 0.293 e. The molecule has 0 spiro atoms. The lowest BCUT2D eigenvalue weighted by molar-refractivity contribution is -0.384. The van der Waals surface area contributed by atoms with Crippen LogP contribution < -0.4 is 4.90 Å². The van der Waals surface area contributed by atoms with Gasteiger partial charge in [-0.15, -0.1) is 0 Å². The Morgan fingerprint density at radius 2 is 2.10 bits per heavy atom. The topological polar surface area (TPSA) is 73.4 Å². The summed E-state index contributed by atoms with van der Waals surface area (Å²) >= 11 is 2.08. The molecule has 0 bridgehead atoms. The Morgan fingerprint density at radius 1 is 1.43 bits per heavy atom. The van der Waals surface area contributed by atoms with E-state index in [1.165, 1.54) is 0 Å². The van der Waals surface area contributed by atoms with Gasteiger partial charge in [-0.3, -0.25) is 15.0 Å². The van der Waals surface area contributed by atoms with Crippen molar-refractivity contribution >= 4 is 34.0 Å². The van der Waals surface area contributed by atoms with Crippen molar-refractivity contribution in [3.05, 3.63) is 31.9 Å². The van der Waals surface area contributed by atoms with Crippen LogP contribution in [0, 0.1) is 25.0 Å². The molecular weight excluding hydrogens is 383 g/mol. The zero-order valence-electron chi connectivity index (χ0n) is 11.8. The first-order valence-electron chi connectivity index (χ1n) is 6.89. The summed E-state index contributed by atoms with van der Waals surface area (Å²) in [5, 5.41) is 20.3. The van der Waals surface area contributed by atoms with Crippen LogP contribution in [0.15, 0.2) is 18.2 Å². The zero-order valence-corrected chi connectivity index (χ0v) is 14.0. The first-order chi connectivity index (χ1) is 10.1. The number of anilines is 1. The highest BCUT2D eigenvalue weighted by molar-refractivity contribution is 14.1. The van der Waals surface area contributed by atoms with Gasteiger partial charge in [0.2, 0.25) is 0 Å². The van der Waals surface area contributed by atoms with Crippen molar-refractivity contribution in [2.45, 2.75) is 19.4 Å². The Balaban J connectivity index is 2.13. The number of rotatable bonds is 4. The molecule has 1 fully saturated rings. The molecule has 0 amide bonds. The van der Waals surface area contributed by atoms with Crippen LogP contribution in [0.2, 0.25) is 0 Å². The van der Waals surface area contributed by atoms with Gasteiger partial charge in [0.05, 0.1) is 17.0 Å². The van der Waals surface area contributed by atoms with Crippen LogP contribution in [-0.2, 0) is 0 Å². The van der Waals surface area contributed by atoms with Crippen LogP contribution in [-0.4, -0.2) is 42.0 Å². The molecule has 1 unspecified atom stereocenters. The number of piperazine rings is 1. The summed E-state index contributed by atoms with van der Waals surface area (Å²) in [6.45, 7) is 4.94. The maximum atomic E-state index is 11.2. The Kier molecular flexibility index (Phi) is 5.36. The van der Waals surface area contributed by atoms with Crippen LogP contribution in [0.25, 0.3) is 0 Å². The number of nitro benzene ring substituents is 1. The van der Waals surface area contributed by atoms with Crippen LogP contribution in [0.4, 0.5) is 11.4 Å². The Morgan fingerprint density at radius 3 is 2.62 bits per heavy atom. The number of hydrogen-bond acceptors (Lipinski definition) is 5. The third-order valence-electron chi connectivity index (χ3n) is 3.77. The van der Waals surface area contributed by atoms with E-state index in [1.54, 1.807) is 6.07 Å². The highest BCUT2D eigenvalue weighted by Crippen LogP contribution is 2.30. The molecule has 1 heterocycles. The molecule has 2 rings (SSSR count). The van der Waals surface area contributed by atoms with E-state index in [-0.39, 0.29) is 16.7 Å². The molecule has 6 nitrogen and oxygen atoms in total. The lowest BCUT2D eigenvalue weighted by Gasteiger charge is -2.37. The Bertz CT molecular complexity index is 565. The molecule has 0 N–H and O–H groups in total. The second-order valence-electron chi connectivity index (χ2n) is 4.97. The molecule has 1 aromatic rings. The van der Waals surface area contributed by atoms with Gasteiger partial charge in [-0.25, -0.2) is 0 Å². The van der Waals surface area contributed by atoms with Crippen molar-refractivity contribution in [2.75, 3.05) is 31.1 Å². The summed E-state index contributed by atoms with van der Waals surface area (Å²) in [6.07, 6.45) is 0.806. The average Bonchev–Trinajstić information content (AvgIpc) is 2.49. The van der Waals surface area contributed by atoms with Gasteiger partial charge < -0.3 is 4.90 Å². The van der Waals surface area contributed by atoms with E-state index in [0.717, 1.165) is 23.1 Å². The van der Waals surface area contributed by atoms with Crippen molar-refractivity contribution < 1.29 is 4.92 Å². The minimum Gasteiger partial charge on any atom is -0.363 e. The number of halogens is 1. The van der Waals surface area contributed by atoms with Crippen LogP contribution in [0.5, 0.6) is 0 Å². The third-order valence-corrected chi connectivity index (χ3v) is 4.44. The van der Waals surface area contributed by atoms with Gasteiger partial charge in [0.25, 0.3) is 5.69 Å². The van der Waals surface area contributed by atoms with Gasteiger partial charge >= 0.3 is 0 Å². The minimum absolute atomic E-state index is 0.0566. The fourth-order valence-corrected chi connectivity index (χ4v) is 3.09. The predicted octanol–water partition coefficient (Wildman–Crippen LogP) is 2.62. The van der Waals surface area contributed by atoms with Gasteiger partial charge in [0.15, 0.2) is 0 Å². The summed E-state index contributed by atoms with van der Waals surface area (Å²) in [5.74, 6) is 0. The molecule has 112 valence electrons. The molecule has 7 heteroatoms. The second-order valence-corrected chi connectivity index (χ2v) is 6.21. The highest BCUT2D eigenvalue weighted by Gasteiger charge is 2.26. The fourth-order valence-electron chi connectivity index (χ4n) is 2.62. The van der Waals surface area contributed by atoms with E-state index in [4.69, 9.17) is 5.26 Å². The van der Waals surface area contributed by atoms with E-state index < -0.39 is 0 Å². The zero-order chi connectivity index (χ0) is 15.4. The molecule has 1 atom stereocenters. The van der Waals surface area contributed by atoms with Crippen LogP contribution >= 0.6 is 22.6 Å². The molecule has 0 aromatic heterocycles. The molecule has 1 aliphatic rings. The minimum atomic E-state index is -0.325. The maximum absolute atomic E-state index is 11.2. The lowest BCUT2D eigenvalue weighted by Crippen LogP contribution is -2.50. The van der Waals surface area contributed by atoms with E-state index in [9.17, 15) is 10.1 Å². The van der Waals surface area contributed by atoms with Crippen LogP contribution in [0.1, 0.15) is 13.3 Å². The second kappa shape index (κ2) is 7.04. The quantitative estimate of drug-likeness (QED) is 0.442. The Labute approximate surface area is 137 Å². The fraction of sp³-hybridized carbons (Fsp3) is 0.500. The lowest BCUT2D eigenvalue weighted by atomic mass is 10.1. The molecule has 0 radical (unpaired) electrons. The standard InChI is InChI=1S/C14H17IN4O2/c1-2-12(10-16)17-5-7-18(8-6-17)13-4-3-11(15)9-14(13)19(20)21/h3-4,9,12H,2,5-8H2,1H3. The van der Waals surface area contributed by atoms with Gasteiger partial charge in [0.1, 0.15) is 5.69 Å². The number of nitriles is 1. The van der Waals surface area contributed by atoms with Gasteiger partial charge in [-0.2, -0.15) is 5.26 Å². The molecule has 1 saturated heterocycles. The number of nitrogens with zero attached hydrogens (tertiary/aromatic N) is 4. The van der Waals surface area contributed by atoms with E-state index in [1.807, 2.05) is 24.0 Å². The summed E-state index contributed by atoms with van der Waals surface area (Å²) in [6, 6.07) is 7.56.